The first kappa shape index (κ1) is 21.9. The molecule has 3 rings (SSSR count). The molecule has 3 N–H and O–H groups in total. The lowest BCUT2D eigenvalue weighted by Gasteiger charge is -2.34. The van der Waals surface area contributed by atoms with E-state index < -0.39 is 32.3 Å². The van der Waals surface area contributed by atoms with E-state index in [2.05, 4.69) is 20.6 Å². The fraction of sp³-hybridized carbons (Fsp3) is 0.368. The summed E-state index contributed by atoms with van der Waals surface area (Å²) in [5, 5.41) is 14.9. The van der Waals surface area contributed by atoms with Gasteiger partial charge in [-0.1, -0.05) is 44.2 Å². The van der Waals surface area contributed by atoms with Gasteiger partial charge in [-0.3, -0.25) is 14.6 Å². The lowest BCUT2D eigenvalue weighted by Crippen LogP contribution is -2.63. The fourth-order valence-corrected chi connectivity index (χ4v) is 3.17. The molecule has 30 heavy (non-hydrogen) atoms. The van der Waals surface area contributed by atoms with Crippen LogP contribution in [0.1, 0.15) is 36.3 Å². The second-order valence-electron chi connectivity index (χ2n) is 7.50. The van der Waals surface area contributed by atoms with Crippen LogP contribution < -0.4 is 10.6 Å². The van der Waals surface area contributed by atoms with Crippen molar-refractivity contribution in [3.8, 4) is 0 Å². The number of rotatable bonds is 9. The molecule has 2 unspecified atom stereocenters. The predicted octanol–water partition coefficient (Wildman–Crippen LogP) is 0.400. The summed E-state index contributed by atoms with van der Waals surface area (Å²) in [7, 11) is -2.02. The average molecular weight is 410 g/mol. The van der Waals surface area contributed by atoms with Gasteiger partial charge >= 0.3 is 14.4 Å². The van der Waals surface area contributed by atoms with Crippen LogP contribution in [-0.2, 0) is 20.4 Å². The largest absolute Gasteiger partial charge is 0.608 e. The van der Waals surface area contributed by atoms with Crippen LogP contribution in [0, 0.1) is 5.92 Å². The van der Waals surface area contributed by atoms with Crippen LogP contribution >= 0.6 is 0 Å². The summed E-state index contributed by atoms with van der Waals surface area (Å²) in [6.45, 7) is 4.01. The molecule has 11 heteroatoms. The van der Waals surface area contributed by atoms with Crippen LogP contribution in [0.5, 0.6) is 0 Å². The van der Waals surface area contributed by atoms with E-state index in [-0.39, 0.29) is 17.5 Å². The van der Waals surface area contributed by atoms with Gasteiger partial charge in [0.2, 0.25) is 5.91 Å². The Kier molecular flexibility index (Phi) is 7.56. The Morgan fingerprint density at radius 1 is 1.13 bits per heavy atom. The maximum atomic E-state index is 13.1. The molecule has 0 aliphatic carbocycles. The number of amides is 2. The highest BCUT2D eigenvalue weighted by molar-refractivity contribution is 6.70. The van der Waals surface area contributed by atoms with Crippen LogP contribution in [0.25, 0.3) is 0 Å². The van der Waals surface area contributed by atoms with E-state index in [0.717, 1.165) is 5.56 Å². The Bertz CT molecular complexity index is 837. The van der Waals surface area contributed by atoms with E-state index >= 15 is 0 Å². The van der Waals surface area contributed by atoms with Crippen LogP contribution in [0.15, 0.2) is 48.9 Å². The molecule has 156 valence electrons. The van der Waals surface area contributed by atoms with Gasteiger partial charge in [-0.25, -0.2) is 4.98 Å². The molecule has 0 radical (unpaired) electrons. The molecule has 1 fully saturated rings. The second-order valence-corrected chi connectivity index (χ2v) is 7.50. The zero-order valence-corrected chi connectivity index (χ0v) is 16.9. The third-order valence-electron chi connectivity index (χ3n) is 4.58. The van der Waals surface area contributed by atoms with E-state index in [4.69, 9.17) is 9.14 Å². The van der Waals surface area contributed by atoms with E-state index in [0.29, 0.717) is 12.8 Å². The van der Waals surface area contributed by atoms with Gasteiger partial charge in [0.15, 0.2) is 0 Å². The molecule has 1 aliphatic heterocycles. The van der Waals surface area contributed by atoms with Crippen LogP contribution in [0.2, 0.25) is 0 Å². The predicted molar refractivity (Wildman–Crippen MR) is 111 cm³/mol. The summed E-state index contributed by atoms with van der Waals surface area (Å²) >= 11 is 0. The number of nitrogens with zero attached hydrogens (tertiary/aromatic N) is 2. The van der Waals surface area contributed by atoms with Gasteiger partial charge in [0.25, 0.3) is 5.91 Å². The van der Waals surface area contributed by atoms with E-state index in [1.54, 1.807) is 0 Å². The lowest BCUT2D eigenvalue weighted by molar-refractivity contribution is -0.123. The smallest absolute Gasteiger partial charge is 0.425 e. The van der Waals surface area contributed by atoms with Gasteiger partial charge < -0.3 is 24.8 Å². The highest BCUT2D eigenvalue weighted by Gasteiger charge is 2.47. The number of aromatic nitrogens is 2. The van der Waals surface area contributed by atoms with E-state index in [9.17, 15) is 14.6 Å². The minimum absolute atomic E-state index is 0.121. The van der Waals surface area contributed by atoms with Crippen molar-refractivity contribution < 1.29 is 23.8 Å². The van der Waals surface area contributed by atoms with Crippen molar-refractivity contribution in [2.24, 2.45) is 5.92 Å². The Morgan fingerprint density at radius 3 is 2.47 bits per heavy atom. The van der Waals surface area contributed by atoms with Gasteiger partial charge in [-0.05, 0) is 17.9 Å². The second kappa shape index (κ2) is 10.3. The van der Waals surface area contributed by atoms with Gasteiger partial charge in [-0.2, -0.15) is 0 Å². The Hall–Kier alpha value is -2.75. The van der Waals surface area contributed by atoms with Crippen molar-refractivity contribution in [1.82, 2.24) is 20.6 Å². The Balaban J connectivity index is 1.73. The topological polar surface area (TPSA) is 123 Å². The summed E-state index contributed by atoms with van der Waals surface area (Å²) in [6.07, 6.45) is 5.10. The molecule has 2 aromatic rings. The number of nitrogens with one attached hydrogen (secondary N) is 2. The molecule has 0 saturated carbocycles. The van der Waals surface area contributed by atoms with E-state index in [1.165, 1.54) is 18.6 Å². The van der Waals surface area contributed by atoms with Gasteiger partial charge in [-0.15, -0.1) is 0 Å². The SMILES string of the molecule is CC(C)CC(NC(=O)C(Cc1ccccc1)NC(=O)c1cnccn1)B1OB(O)O1. The summed E-state index contributed by atoms with van der Waals surface area (Å²) in [5.41, 5.74) is 1.01. The molecule has 9 nitrogen and oxygen atoms in total. The Morgan fingerprint density at radius 2 is 1.87 bits per heavy atom. The third kappa shape index (κ3) is 6.12. The molecule has 2 amide bonds. The molecule has 1 aromatic heterocycles. The number of hydrogen-bond donors (Lipinski definition) is 3. The standard InChI is InChI=1S/C19H24B2N4O5/c1-13(2)10-17(20-29-21(28)30-20)25-18(26)15(11-14-6-4-3-5-7-14)24-19(27)16-12-22-8-9-23-16/h3-9,12-13,15,17,28H,10-11H2,1-2H3,(H,24,27)(H,25,26). The van der Waals surface area contributed by atoms with Gasteiger partial charge in [0.1, 0.15) is 11.7 Å². The zero-order chi connectivity index (χ0) is 21.5. The molecule has 0 bridgehead atoms. The number of carbonyl (C=O) groups excluding carboxylic acids is 2. The third-order valence-corrected chi connectivity index (χ3v) is 4.58. The van der Waals surface area contributed by atoms with Crippen molar-refractivity contribution in [2.75, 3.05) is 0 Å². The summed E-state index contributed by atoms with van der Waals surface area (Å²) in [5.74, 6) is -1.09. The summed E-state index contributed by atoms with van der Waals surface area (Å²) in [6, 6.07) is 8.54. The minimum atomic E-state index is -1.28. The van der Waals surface area contributed by atoms with E-state index in [1.807, 2.05) is 44.2 Å². The quantitative estimate of drug-likeness (QED) is 0.512. The van der Waals surface area contributed by atoms with Crippen molar-refractivity contribution in [3.63, 3.8) is 0 Å². The molecular weight excluding hydrogens is 386 g/mol. The monoisotopic (exact) mass is 410 g/mol. The summed E-state index contributed by atoms with van der Waals surface area (Å²) < 4.78 is 10.3. The number of carbonyl (C=O) groups is 2. The van der Waals surface area contributed by atoms with Crippen LogP contribution in [-0.4, -0.2) is 53.2 Å². The maximum Gasteiger partial charge on any atom is 0.608 e. The van der Waals surface area contributed by atoms with Crippen molar-refractivity contribution in [2.45, 2.75) is 38.7 Å². The highest BCUT2D eigenvalue weighted by Crippen LogP contribution is 2.17. The summed E-state index contributed by atoms with van der Waals surface area (Å²) in [4.78, 5) is 33.6. The molecule has 2 heterocycles. The van der Waals surface area contributed by atoms with Crippen molar-refractivity contribution in [3.05, 3.63) is 60.2 Å². The van der Waals surface area contributed by atoms with Gasteiger partial charge in [0.05, 0.1) is 12.1 Å². The molecule has 2 atom stereocenters. The maximum absolute atomic E-state index is 13.1. The zero-order valence-electron chi connectivity index (χ0n) is 16.9. The Labute approximate surface area is 175 Å². The average Bonchev–Trinajstić information content (AvgIpc) is 2.71. The first-order chi connectivity index (χ1) is 14.4. The molecular formula is C19H24B2N4O5. The first-order valence-corrected chi connectivity index (χ1v) is 9.82. The van der Waals surface area contributed by atoms with Crippen molar-refractivity contribution in [1.29, 1.82) is 0 Å². The first-order valence-electron chi connectivity index (χ1n) is 9.82. The van der Waals surface area contributed by atoms with Crippen LogP contribution in [0.4, 0.5) is 0 Å². The lowest BCUT2D eigenvalue weighted by atomic mass is 9.67. The van der Waals surface area contributed by atoms with Crippen molar-refractivity contribution >= 4 is 26.3 Å². The molecule has 0 spiro atoms. The molecule has 1 saturated heterocycles. The molecule has 1 aromatic carbocycles. The fourth-order valence-electron chi connectivity index (χ4n) is 3.17. The number of hydrogen-bond acceptors (Lipinski definition) is 7. The molecule has 1 aliphatic rings. The normalized spacial score (nSPS) is 15.3. The van der Waals surface area contributed by atoms with Crippen LogP contribution in [0.3, 0.4) is 0 Å². The number of benzene rings is 1. The highest BCUT2D eigenvalue weighted by atomic mass is 16.8. The minimum Gasteiger partial charge on any atom is -0.425 e. The van der Waals surface area contributed by atoms with Gasteiger partial charge in [0, 0.05) is 18.8 Å².